The van der Waals surface area contributed by atoms with E-state index in [2.05, 4.69) is 39.6 Å². The second-order valence-electron chi connectivity index (χ2n) is 12.2. The summed E-state index contributed by atoms with van der Waals surface area (Å²) in [5, 5.41) is 0. The van der Waals surface area contributed by atoms with E-state index in [1.54, 1.807) is 4.90 Å². The topological polar surface area (TPSA) is 77.3 Å². The van der Waals surface area contributed by atoms with E-state index in [1.807, 2.05) is 34.6 Å². The van der Waals surface area contributed by atoms with Crippen LogP contribution in [0.4, 0.5) is 0 Å². The van der Waals surface area contributed by atoms with E-state index >= 15 is 0 Å². The molecule has 0 fully saturated rings. The zero-order chi connectivity index (χ0) is 26.4. The highest BCUT2D eigenvalue weighted by Crippen LogP contribution is 2.14. The molecule has 1 amide bonds. The minimum Gasteiger partial charge on any atom is -0.381 e. The normalized spacial score (nSPS) is 14.0. The van der Waals surface area contributed by atoms with Crippen molar-refractivity contribution < 1.29 is 19.0 Å². The van der Waals surface area contributed by atoms with Gasteiger partial charge in [-0.25, -0.2) is 0 Å². The molecule has 0 aliphatic carbocycles. The molecule has 2 N–H and O–H groups in total. The maximum Gasteiger partial charge on any atom is 0.226 e. The Labute approximate surface area is 211 Å². The number of hydrogen-bond donors (Lipinski definition) is 1. The molecule has 0 aromatic carbocycles. The van der Waals surface area contributed by atoms with Gasteiger partial charge in [-0.05, 0) is 101 Å². The van der Waals surface area contributed by atoms with Crippen LogP contribution in [0.2, 0.25) is 0 Å². The monoisotopic (exact) mass is 487 g/mol. The molecule has 7 nitrogen and oxygen atoms in total. The van der Waals surface area contributed by atoms with Gasteiger partial charge in [0.1, 0.15) is 0 Å². The standard InChI is InChI=1S/C27H57N3O4/c1-23(22-34-26(5,6)7)14-18-29(10)16-13-20-32-19-12-11-17-30(27(8,9)28)24(31)15-21-33-25(2,3)4/h23H,11-22,28H2,1-10H3. The number of nitrogens with two attached hydrogens (primary N) is 1. The minimum absolute atomic E-state index is 0.0417. The third kappa shape index (κ3) is 19.6. The Balaban J connectivity index is 3.95. The highest BCUT2D eigenvalue weighted by Gasteiger charge is 2.26. The van der Waals surface area contributed by atoms with Crippen molar-refractivity contribution in [2.24, 2.45) is 11.7 Å². The number of ether oxygens (including phenoxy) is 3. The third-order valence-corrected chi connectivity index (χ3v) is 5.40. The van der Waals surface area contributed by atoms with E-state index in [4.69, 9.17) is 19.9 Å². The van der Waals surface area contributed by atoms with Crippen molar-refractivity contribution in [2.75, 3.05) is 53.1 Å². The summed E-state index contributed by atoms with van der Waals surface area (Å²) in [6.07, 6.45) is 4.31. The second kappa shape index (κ2) is 16.1. The molecule has 0 aliphatic heterocycles. The predicted molar refractivity (Wildman–Crippen MR) is 142 cm³/mol. The van der Waals surface area contributed by atoms with Gasteiger partial charge in [-0.2, -0.15) is 0 Å². The van der Waals surface area contributed by atoms with Gasteiger partial charge in [0.25, 0.3) is 0 Å². The largest absolute Gasteiger partial charge is 0.381 e. The molecule has 0 aliphatic rings. The molecule has 1 unspecified atom stereocenters. The molecular weight excluding hydrogens is 430 g/mol. The van der Waals surface area contributed by atoms with Gasteiger partial charge in [-0.15, -0.1) is 0 Å². The summed E-state index contributed by atoms with van der Waals surface area (Å²) in [6, 6.07) is 0. The van der Waals surface area contributed by atoms with E-state index in [0.717, 1.165) is 52.0 Å². The Morgan fingerprint density at radius 1 is 0.824 bits per heavy atom. The summed E-state index contributed by atoms with van der Waals surface area (Å²) < 4.78 is 17.4. The van der Waals surface area contributed by atoms with Crippen LogP contribution in [-0.4, -0.2) is 85.7 Å². The molecule has 0 saturated heterocycles. The molecule has 204 valence electrons. The molecule has 0 aromatic rings. The van der Waals surface area contributed by atoms with Crippen LogP contribution in [0.3, 0.4) is 0 Å². The summed E-state index contributed by atoms with van der Waals surface area (Å²) >= 11 is 0. The van der Waals surface area contributed by atoms with Crippen LogP contribution < -0.4 is 5.73 Å². The quantitative estimate of drug-likeness (QED) is 0.224. The first-order valence-corrected chi connectivity index (χ1v) is 13.1. The number of unbranched alkanes of at least 4 members (excludes halogenated alkanes) is 1. The highest BCUT2D eigenvalue weighted by atomic mass is 16.5. The van der Waals surface area contributed by atoms with Crippen molar-refractivity contribution in [3.05, 3.63) is 0 Å². The second-order valence-corrected chi connectivity index (χ2v) is 12.2. The zero-order valence-corrected chi connectivity index (χ0v) is 24.2. The fraction of sp³-hybridized carbons (Fsp3) is 0.963. The lowest BCUT2D eigenvalue weighted by Crippen LogP contribution is -2.54. The van der Waals surface area contributed by atoms with Crippen molar-refractivity contribution in [1.29, 1.82) is 0 Å². The molecular formula is C27H57N3O4. The Kier molecular flexibility index (Phi) is 15.8. The predicted octanol–water partition coefficient (Wildman–Crippen LogP) is 4.68. The number of rotatable bonds is 18. The van der Waals surface area contributed by atoms with Crippen LogP contribution in [0.1, 0.15) is 94.4 Å². The van der Waals surface area contributed by atoms with Crippen LogP contribution in [0.25, 0.3) is 0 Å². The zero-order valence-electron chi connectivity index (χ0n) is 24.2. The van der Waals surface area contributed by atoms with Crippen molar-refractivity contribution in [3.63, 3.8) is 0 Å². The summed E-state index contributed by atoms with van der Waals surface area (Å²) in [4.78, 5) is 16.8. The SMILES string of the molecule is CC(CCN(C)CCCOCCCCN(C(=O)CCOC(C)(C)C)C(C)(C)N)COC(C)(C)C. The molecule has 0 saturated carbocycles. The van der Waals surface area contributed by atoms with Crippen molar-refractivity contribution in [2.45, 2.75) is 111 Å². The van der Waals surface area contributed by atoms with Gasteiger partial charge in [0, 0.05) is 32.9 Å². The summed E-state index contributed by atoms with van der Waals surface area (Å²) in [7, 11) is 2.17. The molecule has 7 heteroatoms. The van der Waals surface area contributed by atoms with E-state index in [1.165, 1.54) is 0 Å². The summed E-state index contributed by atoms with van der Waals surface area (Å²) in [5.74, 6) is 0.605. The summed E-state index contributed by atoms with van der Waals surface area (Å²) in [6.45, 7) is 23.7. The average Bonchev–Trinajstić information content (AvgIpc) is 2.66. The fourth-order valence-electron chi connectivity index (χ4n) is 3.35. The number of hydrogen-bond acceptors (Lipinski definition) is 6. The first-order valence-electron chi connectivity index (χ1n) is 13.1. The lowest BCUT2D eigenvalue weighted by atomic mass is 10.1. The number of carbonyl (C=O) groups is 1. The Hall–Kier alpha value is -0.730. The summed E-state index contributed by atoms with van der Waals surface area (Å²) in [5.41, 5.74) is 5.26. The van der Waals surface area contributed by atoms with Gasteiger partial charge in [-0.1, -0.05) is 6.92 Å². The number of amides is 1. The van der Waals surface area contributed by atoms with Crippen LogP contribution in [0.15, 0.2) is 0 Å². The number of nitrogens with zero attached hydrogens (tertiary/aromatic N) is 2. The van der Waals surface area contributed by atoms with Crippen molar-refractivity contribution in [1.82, 2.24) is 9.80 Å². The van der Waals surface area contributed by atoms with Crippen LogP contribution in [0.5, 0.6) is 0 Å². The van der Waals surface area contributed by atoms with Crippen molar-refractivity contribution in [3.8, 4) is 0 Å². The molecule has 0 bridgehead atoms. The molecule has 0 rings (SSSR count). The van der Waals surface area contributed by atoms with E-state index in [9.17, 15) is 4.79 Å². The van der Waals surface area contributed by atoms with Crippen LogP contribution >= 0.6 is 0 Å². The Morgan fingerprint density at radius 2 is 1.41 bits per heavy atom. The third-order valence-electron chi connectivity index (χ3n) is 5.40. The smallest absolute Gasteiger partial charge is 0.226 e. The minimum atomic E-state index is -0.680. The average molecular weight is 488 g/mol. The molecule has 0 aromatic heterocycles. The van der Waals surface area contributed by atoms with Gasteiger partial charge in [0.15, 0.2) is 0 Å². The first-order chi connectivity index (χ1) is 15.5. The Bertz CT molecular complexity index is 535. The molecule has 0 radical (unpaired) electrons. The number of carbonyl (C=O) groups excluding carboxylic acids is 1. The van der Waals surface area contributed by atoms with E-state index in [0.29, 0.717) is 32.1 Å². The fourth-order valence-corrected chi connectivity index (χ4v) is 3.35. The maximum absolute atomic E-state index is 12.6. The van der Waals surface area contributed by atoms with Gasteiger partial charge >= 0.3 is 0 Å². The maximum atomic E-state index is 12.6. The van der Waals surface area contributed by atoms with Crippen LogP contribution in [0, 0.1) is 5.92 Å². The van der Waals surface area contributed by atoms with Gasteiger partial charge in [-0.3, -0.25) is 4.79 Å². The van der Waals surface area contributed by atoms with Crippen LogP contribution in [-0.2, 0) is 19.0 Å². The first kappa shape index (κ1) is 33.3. The lowest BCUT2D eigenvalue weighted by Gasteiger charge is -2.36. The van der Waals surface area contributed by atoms with Gasteiger partial charge in [0.05, 0.1) is 29.9 Å². The van der Waals surface area contributed by atoms with Crippen molar-refractivity contribution >= 4 is 5.91 Å². The van der Waals surface area contributed by atoms with Gasteiger partial charge in [0.2, 0.25) is 5.91 Å². The molecule has 34 heavy (non-hydrogen) atoms. The molecule has 0 spiro atoms. The lowest BCUT2D eigenvalue weighted by molar-refractivity contribution is -0.138. The molecule has 1 atom stereocenters. The highest BCUT2D eigenvalue weighted by molar-refractivity contribution is 5.77. The Morgan fingerprint density at radius 3 is 1.97 bits per heavy atom. The van der Waals surface area contributed by atoms with E-state index < -0.39 is 5.66 Å². The van der Waals surface area contributed by atoms with E-state index in [-0.39, 0.29) is 17.1 Å². The molecule has 0 heterocycles. The van der Waals surface area contributed by atoms with Gasteiger partial charge < -0.3 is 29.7 Å².